The Hall–Kier alpha value is -2.82. The molecule has 0 bridgehead atoms. The van der Waals surface area contributed by atoms with E-state index in [0.29, 0.717) is 5.69 Å². The summed E-state index contributed by atoms with van der Waals surface area (Å²) in [6.45, 7) is 1.92. The van der Waals surface area contributed by atoms with Crippen LogP contribution in [0.4, 0.5) is 5.69 Å². The summed E-state index contributed by atoms with van der Waals surface area (Å²) in [6, 6.07) is 13.3. The largest absolute Gasteiger partial charge is 0.483 e. The summed E-state index contributed by atoms with van der Waals surface area (Å²) in [5.41, 5.74) is 2.56. The van der Waals surface area contributed by atoms with Crippen molar-refractivity contribution in [2.75, 3.05) is 11.9 Å². The number of aryl methyl sites for hydroxylation is 2. The molecule has 112 valence electrons. The van der Waals surface area contributed by atoms with Gasteiger partial charge in [-0.25, -0.2) is 0 Å². The number of amides is 1. The first-order valence-corrected chi connectivity index (χ1v) is 7.03. The molecular formula is C17H17N3O2. The Kier molecular flexibility index (Phi) is 3.78. The molecule has 1 aromatic heterocycles. The zero-order chi connectivity index (χ0) is 15.5. The number of anilines is 1. The zero-order valence-corrected chi connectivity index (χ0v) is 12.5. The highest BCUT2D eigenvalue weighted by atomic mass is 16.5. The van der Waals surface area contributed by atoms with Crippen LogP contribution in [0.1, 0.15) is 5.56 Å². The van der Waals surface area contributed by atoms with Crippen LogP contribution in [-0.4, -0.2) is 22.3 Å². The van der Waals surface area contributed by atoms with Gasteiger partial charge in [0.25, 0.3) is 5.91 Å². The molecule has 0 saturated carbocycles. The van der Waals surface area contributed by atoms with Crippen LogP contribution in [-0.2, 0) is 11.8 Å². The number of aromatic nitrogens is 2. The molecule has 1 amide bonds. The van der Waals surface area contributed by atoms with Gasteiger partial charge in [0.1, 0.15) is 5.75 Å². The van der Waals surface area contributed by atoms with E-state index in [4.69, 9.17) is 4.74 Å². The number of carbonyl (C=O) groups is 1. The van der Waals surface area contributed by atoms with E-state index in [1.54, 1.807) is 4.68 Å². The summed E-state index contributed by atoms with van der Waals surface area (Å²) in [5, 5.41) is 8.18. The first-order chi connectivity index (χ1) is 10.6. The molecule has 5 heteroatoms. The number of nitrogens with zero attached hydrogens (tertiary/aromatic N) is 2. The summed E-state index contributed by atoms with van der Waals surface area (Å²) in [4.78, 5) is 12.0. The van der Waals surface area contributed by atoms with Gasteiger partial charge in [-0.3, -0.25) is 9.48 Å². The standard InChI is InChI=1S/C17H17N3O2/c1-12-5-3-4-6-16(12)22-11-17(21)18-14-8-7-13-10-20(2)19-15(13)9-14/h3-10H,11H2,1-2H3,(H,18,21). The van der Waals surface area contributed by atoms with Gasteiger partial charge in [-0.05, 0) is 36.8 Å². The van der Waals surface area contributed by atoms with Gasteiger partial charge in [-0.2, -0.15) is 5.10 Å². The summed E-state index contributed by atoms with van der Waals surface area (Å²) in [5.74, 6) is 0.524. The third-order valence-corrected chi connectivity index (χ3v) is 3.36. The lowest BCUT2D eigenvalue weighted by Crippen LogP contribution is -2.20. The highest BCUT2D eigenvalue weighted by molar-refractivity contribution is 5.94. The van der Waals surface area contributed by atoms with Crippen LogP contribution in [0.15, 0.2) is 48.7 Å². The molecule has 5 nitrogen and oxygen atoms in total. The topological polar surface area (TPSA) is 56.1 Å². The van der Waals surface area contributed by atoms with E-state index in [9.17, 15) is 4.79 Å². The lowest BCUT2D eigenvalue weighted by Gasteiger charge is -2.09. The highest BCUT2D eigenvalue weighted by Gasteiger charge is 2.06. The van der Waals surface area contributed by atoms with Crippen molar-refractivity contribution in [1.82, 2.24) is 9.78 Å². The first-order valence-electron chi connectivity index (χ1n) is 7.03. The summed E-state index contributed by atoms with van der Waals surface area (Å²) in [7, 11) is 1.87. The Labute approximate surface area is 128 Å². The van der Waals surface area contributed by atoms with Gasteiger partial charge in [0, 0.05) is 24.3 Å². The van der Waals surface area contributed by atoms with Gasteiger partial charge in [-0.1, -0.05) is 18.2 Å². The molecule has 0 radical (unpaired) electrons. The fourth-order valence-corrected chi connectivity index (χ4v) is 2.28. The molecule has 3 rings (SSSR count). The third kappa shape index (κ3) is 3.09. The van der Waals surface area contributed by atoms with E-state index in [1.165, 1.54) is 0 Å². The van der Waals surface area contributed by atoms with Crippen molar-refractivity contribution in [1.29, 1.82) is 0 Å². The van der Waals surface area contributed by atoms with Crippen LogP contribution < -0.4 is 10.1 Å². The molecule has 0 unspecified atom stereocenters. The fraction of sp³-hybridized carbons (Fsp3) is 0.176. The zero-order valence-electron chi connectivity index (χ0n) is 12.5. The van der Waals surface area contributed by atoms with Gasteiger partial charge in [-0.15, -0.1) is 0 Å². The number of para-hydroxylation sites is 1. The van der Waals surface area contributed by atoms with Crippen molar-refractivity contribution >= 4 is 22.5 Å². The van der Waals surface area contributed by atoms with Gasteiger partial charge in [0.15, 0.2) is 6.61 Å². The van der Waals surface area contributed by atoms with Crippen molar-refractivity contribution in [3.63, 3.8) is 0 Å². The number of hydrogen-bond donors (Lipinski definition) is 1. The second kappa shape index (κ2) is 5.89. The molecule has 0 fully saturated rings. The van der Waals surface area contributed by atoms with Gasteiger partial charge in [0.2, 0.25) is 0 Å². The van der Waals surface area contributed by atoms with Gasteiger partial charge >= 0.3 is 0 Å². The van der Waals surface area contributed by atoms with E-state index < -0.39 is 0 Å². The minimum atomic E-state index is -0.196. The Morgan fingerprint density at radius 1 is 1.27 bits per heavy atom. The van der Waals surface area contributed by atoms with Crippen LogP contribution in [0.3, 0.4) is 0 Å². The van der Waals surface area contributed by atoms with Crippen LogP contribution in [0.2, 0.25) is 0 Å². The van der Waals surface area contributed by atoms with Crippen LogP contribution in [0.5, 0.6) is 5.75 Å². The Bertz CT molecular complexity index is 824. The molecule has 22 heavy (non-hydrogen) atoms. The Morgan fingerprint density at radius 3 is 2.91 bits per heavy atom. The first kappa shape index (κ1) is 14.1. The predicted octanol–water partition coefficient (Wildman–Crippen LogP) is 2.90. The smallest absolute Gasteiger partial charge is 0.262 e. The fourth-order valence-electron chi connectivity index (χ4n) is 2.28. The molecular weight excluding hydrogens is 278 g/mol. The van der Waals surface area contributed by atoms with E-state index in [-0.39, 0.29) is 12.5 Å². The van der Waals surface area contributed by atoms with Crippen molar-refractivity contribution in [2.24, 2.45) is 7.05 Å². The maximum Gasteiger partial charge on any atom is 0.262 e. The average Bonchev–Trinajstić information content (AvgIpc) is 2.86. The quantitative estimate of drug-likeness (QED) is 0.805. The van der Waals surface area contributed by atoms with Crippen molar-refractivity contribution in [2.45, 2.75) is 6.92 Å². The summed E-state index contributed by atoms with van der Waals surface area (Å²) < 4.78 is 7.28. The maximum atomic E-state index is 12.0. The summed E-state index contributed by atoms with van der Waals surface area (Å²) in [6.07, 6.45) is 1.93. The number of hydrogen-bond acceptors (Lipinski definition) is 3. The Morgan fingerprint density at radius 2 is 2.09 bits per heavy atom. The minimum Gasteiger partial charge on any atom is -0.483 e. The molecule has 0 saturated heterocycles. The predicted molar refractivity (Wildman–Crippen MR) is 86.0 cm³/mol. The lowest BCUT2D eigenvalue weighted by atomic mass is 10.2. The molecule has 0 aliphatic heterocycles. The van der Waals surface area contributed by atoms with E-state index in [2.05, 4.69) is 10.4 Å². The number of fused-ring (bicyclic) bond motifs is 1. The molecule has 3 aromatic rings. The van der Waals surface area contributed by atoms with Crippen molar-refractivity contribution < 1.29 is 9.53 Å². The third-order valence-electron chi connectivity index (χ3n) is 3.36. The summed E-state index contributed by atoms with van der Waals surface area (Å²) >= 11 is 0. The maximum absolute atomic E-state index is 12.0. The second-order valence-corrected chi connectivity index (χ2v) is 5.18. The van der Waals surface area contributed by atoms with Crippen molar-refractivity contribution in [3.05, 3.63) is 54.2 Å². The second-order valence-electron chi connectivity index (χ2n) is 5.18. The normalized spacial score (nSPS) is 10.6. The number of ether oxygens (including phenoxy) is 1. The minimum absolute atomic E-state index is 0.0227. The number of rotatable bonds is 4. The molecule has 0 aliphatic rings. The van der Waals surface area contributed by atoms with E-state index in [1.807, 2.05) is 62.6 Å². The average molecular weight is 295 g/mol. The lowest BCUT2D eigenvalue weighted by molar-refractivity contribution is -0.118. The molecule has 1 heterocycles. The van der Waals surface area contributed by atoms with E-state index in [0.717, 1.165) is 22.2 Å². The van der Waals surface area contributed by atoms with Crippen LogP contribution in [0.25, 0.3) is 10.9 Å². The van der Waals surface area contributed by atoms with E-state index >= 15 is 0 Å². The number of nitrogens with one attached hydrogen (secondary N) is 1. The molecule has 0 spiro atoms. The Balaban J connectivity index is 1.64. The number of carbonyl (C=O) groups excluding carboxylic acids is 1. The van der Waals surface area contributed by atoms with Gasteiger partial charge in [0.05, 0.1) is 5.52 Å². The molecule has 1 N–H and O–H groups in total. The molecule has 0 atom stereocenters. The van der Waals surface area contributed by atoms with Gasteiger partial charge < -0.3 is 10.1 Å². The SMILES string of the molecule is Cc1ccccc1OCC(=O)Nc1ccc2cn(C)nc2c1. The molecule has 0 aliphatic carbocycles. The van der Waals surface area contributed by atoms with Crippen LogP contribution in [0, 0.1) is 6.92 Å². The monoisotopic (exact) mass is 295 g/mol. The highest BCUT2D eigenvalue weighted by Crippen LogP contribution is 2.18. The molecule has 2 aromatic carbocycles. The van der Waals surface area contributed by atoms with Crippen molar-refractivity contribution in [3.8, 4) is 5.75 Å². The number of benzene rings is 2. The van der Waals surface area contributed by atoms with Crippen LogP contribution >= 0.6 is 0 Å².